The number of nitrogens with one attached hydrogen (secondary N) is 1. The Kier molecular flexibility index (Phi) is 4.98. The van der Waals surface area contributed by atoms with Gasteiger partial charge in [0.15, 0.2) is 0 Å². The van der Waals surface area contributed by atoms with E-state index in [1.54, 1.807) is 0 Å². The lowest BCUT2D eigenvalue weighted by Crippen LogP contribution is -2.25. The normalized spacial score (nSPS) is 12.2. The molecule has 0 aromatic heterocycles. The van der Waals surface area contributed by atoms with Gasteiger partial charge in [-0.25, -0.2) is 0 Å². The number of nitrogens with two attached hydrogens (primary N) is 1. The molecule has 0 fully saturated rings. The number of anilines is 1. The molecule has 3 nitrogen and oxygen atoms in total. The van der Waals surface area contributed by atoms with Gasteiger partial charge in [-0.1, -0.05) is 13.0 Å². The van der Waals surface area contributed by atoms with E-state index in [0.717, 1.165) is 31.0 Å². The molecule has 0 saturated heterocycles. The Morgan fingerprint density at radius 2 is 2.27 bits per heavy atom. The third kappa shape index (κ3) is 4.70. The number of benzene rings is 1. The molecule has 3 heteroatoms. The van der Waals surface area contributed by atoms with Gasteiger partial charge in [-0.05, 0) is 25.5 Å². The van der Waals surface area contributed by atoms with Gasteiger partial charge >= 0.3 is 0 Å². The second-order valence-corrected chi connectivity index (χ2v) is 3.73. The van der Waals surface area contributed by atoms with Gasteiger partial charge in [-0.3, -0.25) is 0 Å². The smallest absolute Gasteiger partial charge is 0.121 e. The third-order valence-corrected chi connectivity index (χ3v) is 1.94. The Morgan fingerprint density at radius 3 is 2.93 bits per heavy atom. The monoisotopic (exact) mass is 208 g/mol. The fourth-order valence-electron chi connectivity index (χ4n) is 1.19. The van der Waals surface area contributed by atoms with Crippen molar-refractivity contribution >= 4 is 5.69 Å². The first-order valence-corrected chi connectivity index (χ1v) is 5.44. The highest BCUT2D eigenvalue weighted by atomic mass is 16.5. The molecule has 1 aromatic carbocycles. The molecule has 1 atom stereocenters. The molecule has 84 valence electrons. The van der Waals surface area contributed by atoms with E-state index >= 15 is 0 Å². The SMILES string of the molecule is CCCOc1cccc(NCC(C)N)c1. The van der Waals surface area contributed by atoms with Crippen molar-refractivity contribution < 1.29 is 4.74 Å². The Bertz CT molecular complexity index is 287. The van der Waals surface area contributed by atoms with Gasteiger partial charge in [0.1, 0.15) is 5.75 Å². The minimum Gasteiger partial charge on any atom is -0.494 e. The van der Waals surface area contributed by atoms with Crippen LogP contribution in [0.15, 0.2) is 24.3 Å². The van der Waals surface area contributed by atoms with E-state index in [9.17, 15) is 0 Å². The van der Waals surface area contributed by atoms with Crippen molar-refractivity contribution in [2.24, 2.45) is 5.73 Å². The van der Waals surface area contributed by atoms with Crippen LogP contribution in [0.25, 0.3) is 0 Å². The molecule has 0 heterocycles. The Labute approximate surface area is 91.6 Å². The lowest BCUT2D eigenvalue weighted by atomic mass is 10.3. The van der Waals surface area contributed by atoms with Crippen LogP contribution in [-0.4, -0.2) is 19.2 Å². The van der Waals surface area contributed by atoms with Crippen molar-refractivity contribution in [2.75, 3.05) is 18.5 Å². The molecule has 0 aliphatic rings. The van der Waals surface area contributed by atoms with Gasteiger partial charge in [0.25, 0.3) is 0 Å². The molecule has 3 N–H and O–H groups in total. The molecule has 0 spiro atoms. The summed E-state index contributed by atoms with van der Waals surface area (Å²) >= 11 is 0. The maximum atomic E-state index is 5.66. The van der Waals surface area contributed by atoms with Gasteiger partial charge in [-0.2, -0.15) is 0 Å². The number of rotatable bonds is 6. The van der Waals surface area contributed by atoms with Crippen LogP contribution in [-0.2, 0) is 0 Å². The van der Waals surface area contributed by atoms with Crippen molar-refractivity contribution in [1.82, 2.24) is 0 Å². The van der Waals surface area contributed by atoms with Crippen LogP contribution in [0.3, 0.4) is 0 Å². The highest BCUT2D eigenvalue weighted by Gasteiger charge is 1.97. The second-order valence-electron chi connectivity index (χ2n) is 3.73. The predicted octanol–water partition coefficient (Wildman–Crippen LogP) is 2.23. The van der Waals surface area contributed by atoms with Crippen molar-refractivity contribution in [3.8, 4) is 5.75 Å². The molecule has 1 aromatic rings. The van der Waals surface area contributed by atoms with E-state index in [1.807, 2.05) is 31.2 Å². The molecule has 0 radical (unpaired) electrons. The van der Waals surface area contributed by atoms with Gasteiger partial charge in [0.2, 0.25) is 0 Å². The van der Waals surface area contributed by atoms with E-state index < -0.39 is 0 Å². The third-order valence-electron chi connectivity index (χ3n) is 1.94. The minimum atomic E-state index is 0.158. The molecule has 1 rings (SSSR count). The van der Waals surface area contributed by atoms with E-state index in [-0.39, 0.29) is 6.04 Å². The second kappa shape index (κ2) is 6.30. The van der Waals surface area contributed by atoms with E-state index in [4.69, 9.17) is 10.5 Å². The topological polar surface area (TPSA) is 47.3 Å². The maximum absolute atomic E-state index is 5.66. The Hall–Kier alpha value is -1.22. The summed E-state index contributed by atoms with van der Waals surface area (Å²) < 4.78 is 5.53. The molecule has 0 saturated carbocycles. The van der Waals surface area contributed by atoms with Gasteiger partial charge < -0.3 is 15.8 Å². The number of hydrogen-bond donors (Lipinski definition) is 2. The molecule has 0 aliphatic heterocycles. The molecular weight excluding hydrogens is 188 g/mol. The standard InChI is InChI=1S/C12H20N2O/c1-3-7-15-12-6-4-5-11(8-12)14-9-10(2)13/h4-6,8,10,14H,3,7,9,13H2,1-2H3. The average molecular weight is 208 g/mol. The summed E-state index contributed by atoms with van der Waals surface area (Å²) in [4.78, 5) is 0. The first-order chi connectivity index (χ1) is 7.22. The predicted molar refractivity (Wildman–Crippen MR) is 64.4 cm³/mol. The van der Waals surface area contributed by atoms with Gasteiger partial charge in [0, 0.05) is 24.3 Å². The summed E-state index contributed by atoms with van der Waals surface area (Å²) in [6, 6.07) is 8.12. The maximum Gasteiger partial charge on any atom is 0.121 e. The highest BCUT2D eigenvalue weighted by molar-refractivity contribution is 5.48. The Balaban J connectivity index is 2.50. The van der Waals surface area contributed by atoms with Crippen LogP contribution in [0.2, 0.25) is 0 Å². The lowest BCUT2D eigenvalue weighted by molar-refractivity contribution is 0.317. The number of ether oxygens (including phenoxy) is 1. The fourth-order valence-corrected chi connectivity index (χ4v) is 1.19. The molecular formula is C12H20N2O. The minimum absolute atomic E-state index is 0.158. The van der Waals surface area contributed by atoms with Crippen LogP contribution >= 0.6 is 0 Å². The van der Waals surface area contributed by atoms with Crippen LogP contribution in [0.1, 0.15) is 20.3 Å². The van der Waals surface area contributed by atoms with E-state index in [2.05, 4.69) is 12.2 Å². The summed E-state index contributed by atoms with van der Waals surface area (Å²) in [6.45, 7) is 5.61. The summed E-state index contributed by atoms with van der Waals surface area (Å²) in [5, 5.41) is 3.26. The summed E-state index contributed by atoms with van der Waals surface area (Å²) in [5.41, 5.74) is 6.72. The van der Waals surface area contributed by atoms with E-state index in [1.165, 1.54) is 0 Å². The van der Waals surface area contributed by atoms with E-state index in [0.29, 0.717) is 0 Å². The average Bonchev–Trinajstić information content (AvgIpc) is 2.24. The zero-order valence-electron chi connectivity index (χ0n) is 9.49. The zero-order chi connectivity index (χ0) is 11.1. The summed E-state index contributed by atoms with van der Waals surface area (Å²) in [7, 11) is 0. The highest BCUT2D eigenvalue weighted by Crippen LogP contribution is 2.17. The largest absolute Gasteiger partial charge is 0.494 e. The first kappa shape index (κ1) is 11.9. The van der Waals surface area contributed by atoms with Crippen molar-refractivity contribution in [3.63, 3.8) is 0 Å². The molecule has 1 unspecified atom stereocenters. The van der Waals surface area contributed by atoms with Crippen molar-refractivity contribution in [2.45, 2.75) is 26.3 Å². The zero-order valence-corrected chi connectivity index (χ0v) is 9.49. The number of hydrogen-bond acceptors (Lipinski definition) is 3. The summed E-state index contributed by atoms with van der Waals surface area (Å²) in [6.07, 6.45) is 1.03. The van der Waals surface area contributed by atoms with Crippen LogP contribution in [0, 0.1) is 0 Å². The van der Waals surface area contributed by atoms with Gasteiger partial charge in [0.05, 0.1) is 6.61 Å². The van der Waals surface area contributed by atoms with Crippen LogP contribution in [0.5, 0.6) is 5.75 Å². The lowest BCUT2D eigenvalue weighted by Gasteiger charge is -2.10. The summed E-state index contributed by atoms with van der Waals surface area (Å²) in [5.74, 6) is 0.909. The van der Waals surface area contributed by atoms with Gasteiger partial charge in [-0.15, -0.1) is 0 Å². The first-order valence-electron chi connectivity index (χ1n) is 5.44. The molecule has 0 bridgehead atoms. The van der Waals surface area contributed by atoms with Crippen LogP contribution < -0.4 is 15.8 Å². The fraction of sp³-hybridized carbons (Fsp3) is 0.500. The quantitative estimate of drug-likeness (QED) is 0.753. The van der Waals surface area contributed by atoms with Crippen molar-refractivity contribution in [3.05, 3.63) is 24.3 Å². The van der Waals surface area contributed by atoms with Crippen LogP contribution in [0.4, 0.5) is 5.69 Å². The molecule has 0 aliphatic carbocycles. The Morgan fingerprint density at radius 1 is 1.47 bits per heavy atom. The molecule has 0 amide bonds. The van der Waals surface area contributed by atoms with Crippen molar-refractivity contribution in [1.29, 1.82) is 0 Å². The molecule has 15 heavy (non-hydrogen) atoms.